The number of anilines is 1. The first-order chi connectivity index (χ1) is 15.0. The van der Waals surface area contributed by atoms with Crippen LogP contribution in [0.5, 0.6) is 0 Å². The van der Waals surface area contributed by atoms with E-state index in [1.165, 1.54) is 17.3 Å². The summed E-state index contributed by atoms with van der Waals surface area (Å²) in [6, 6.07) is 10.6. The number of halogens is 1. The fraction of sp³-hybridized carbons (Fsp3) is 0.409. The lowest BCUT2D eigenvalue weighted by Gasteiger charge is -2.36. The van der Waals surface area contributed by atoms with Gasteiger partial charge in [0.05, 0.1) is 0 Å². The molecule has 4 aromatic rings. The Bertz CT molecular complexity index is 1340. The Balaban J connectivity index is 0.00000245. The van der Waals surface area contributed by atoms with E-state index in [0.29, 0.717) is 16.9 Å². The van der Waals surface area contributed by atoms with Crippen LogP contribution in [-0.2, 0) is 20.6 Å². The predicted octanol–water partition coefficient (Wildman–Crippen LogP) is 1.32. The molecular weight excluding hydrogens is 430 g/mol. The highest BCUT2D eigenvalue weighted by Gasteiger charge is 2.19. The van der Waals surface area contributed by atoms with Gasteiger partial charge in [0.15, 0.2) is 11.2 Å². The molecular formula is C22H28ClN7O2. The number of piperazine rings is 1. The number of hydrogen-bond donors (Lipinski definition) is 0. The van der Waals surface area contributed by atoms with Crippen LogP contribution < -0.4 is 16.1 Å². The molecule has 0 bridgehead atoms. The molecule has 170 valence electrons. The molecule has 1 fully saturated rings. The van der Waals surface area contributed by atoms with Crippen molar-refractivity contribution < 1.29 is 0 Å². The van der Waals surface area contributed by atoms with Gasteiger partial charge in [-0.25, -0.2) is 4.79 Å². The summed E-state index contributed by atoms with van der Waals surface area (Å²) in [5.41, 5.74) is 1.48. The highest BCUT2D eigenvalue weighted by molar-refractivity contribution is 5.85. The van der Waals surface area contributed by atoms with E-state index < -0.39 is 0 Å². The maximum absolute atomic E-state index is 12.6. The quantitative estimate of drug-likeness (QED) is 0.452. The van der Waals surface area contributed by atoms with Crippen molar-refractivity contribution in [3.8, 4) is 0 Å². The minimum Gasteiger partial charge on any atom is -0.369 e. The second kappa shape index (κ2) is 8.84. The average Bonchev–Trinajstić information content (AvgIpc) is 3.37. The Kier molecular flexibility index (Phi) is 6.12. The van der Waals surface area contributed by atoms with Gasteiger partial charge in [0.25, 0.3) is 5.56 Å². The van der Waals surface area contributed by atoms with Gasteiger partial charge in [-0.15, -0.1) is 12.4 Å². The maximum Gasteiger partial charge on any atom is 0.332 e. The van der Waals surface area contributed by atoms with Crippen LogP contribution in [0.2, 0.25) is 0 Å². The average molecular weight is 458 g/mol. The van der Waals surface area contributed by atoms with Gasteiger partial charge in [0, 0.05) is 64.9 Å². The van der Waals surface area contributed by atoms with E-state index in [0.717, 1.165) is 50.3 Å². The molecule has 4 heterocycles. The van der Waals surface area contributed by atoms with Crippen LogP contribution in [-0.4, -0.2) is 60.7 Å². The summed E-state index contributed by atoms with van der Waals surface area (Å²) in [5, 5.41) is 0. The van der Waals surface area contributed by atoms with E-state index in [1.807, 2.05) is 12.4 Å². The third-order valence-electron chi connectivity index (χ3n) is 6.29. The molecule has 32 heavy (non-hydrogen) atoms. The summed E-state index contributed by atoms with van der Waals surface area (Å²) >= 11 is 0. The number of fused-ring (bicyclic) bond motifs is 3. The molecule has 5 rings (SSSR count). The number of aromatic nitrogens is 5. The van der Waals surface area contributed by atoms with E-state index >= 15 is 0 Å². The number of aryl methyl sites for hydroxylation is 2. The van der Waals surface area contributed by atoms with Crippen molar-refractivity contribution in [1.29, 1.82) is 0 Å². The van der Waals surface area contributed by atoms with Crippen LogP contribution >= 0.6 is 12.4 Å². The Morgan fingerprint density at radius 1 is 0.906 bits per heavy atom. The number of rotatable bonds is 5. The summed E-state index contributed by atoms with van der Waals surface area (Å²) in [6.07, 6.45) is 4.81. The van der Waals surface area contributed by atoms with E-state index in [4.69, 9.17) is 0 Å². The topological polar surface area (TPSA) is 72.7 Å². The number of nitrogens with zero attached hydrogens (tertiary/aromatic N) is 7. The Labute approximate surface area is 191 Å². The van der Waals surface area contributed by atoms with Gasteiger partial charge < -0.3 is 9.47 Å². The lowest BCUT2D eigenvalue weighted by atomic mass is 10.2. The molecule has 0 saturated carbocycles. The first kappa shape index (κ1) is 22.2. The highest BCUT2D eigenvalue weighted by Crippen LogP contribution is 2.16. The molecule has 1 aromatic carbocycles. The van der Waals surface area contributed by atoms with Crippen LogP contribution in [0.3, 0.4) is 0 Å². The van der Waals surface area contributed by atoms with E-state index in [-0.39, 0.29) is 23.7 Å². The Hall–Kier alpha value is -3.04. The minimum absolute atomic E-state index is 0. The smallest absolute Gasteiger partial charge is 0.332 e. The molecule has 0 N–H and O–H groups in total. The second-order valence-electron chi connectivity index (χ2n) is 8.17. The molecule has 0 amide bonds. The zero-order valence-electron chi connectivity index (χ0n) is 18.3. The van der Waals surface area contributed by atoms with Crippen LogP contribution in [0.15, 0.2) is 52.3 Å². The Morgan fingerprint density at radius 2 is 1.62 bits per heavy atom. The minimum atomic E-state index is -0.362. The Morgan fingerprint density at radius 3 is 2.34 bits per heavy atom. The number of para-hydroxylation sites is 1. The van der Waals surface area contributed by atoms with Crippen molar-refractivity contribution in [1.82, 2.24) is 28.0 Å². The van der Waals surface area contributed by atoms with Crippen LogP contribution in [0, 0.1) is 0 Å². The number of hydrogen-bond acceptors (Lipinski definition) is 5. The maximum atomic E-state index is 12.6. The molecule has 3 aromatic heterocycles. The molecule has 1 saturated heterocycles. The summed E-state index contributed by atoms with van der Waals surface area (Å²) in [4.78, 5) is 34.4. The normalized spacial score (nSPS) is 14.9. The van der Waals surface area contributed by atoms with Gasteiger partial charge in [0.1, 0.15) is 0 Å². The van der Waals surface area contributed by atoms with Crippen LogP contribution in [0.25, 0.3) is 16.9 Å². The van der Waals surface area contributed by atoms with Gasteiger partial charge >= 0.3 is 5.69 Å². The first-order valence-electron chi connectivity index (χ1n) is 10.7. The fourth-order valence-electron chi connectivity index (χ4n) is 4.47. The molecule has 1 aliphatic rings. The highest BCUT2D eigenvalue weighted by atomic mass is 35.5. The fourth-order valence-corrected chi connectivity index (χ4v) is 4.47. The third kappa shape index (κ3) is 3.71. The molecule has 0 unspecified atom stereocenters. The lowest BCUT2D eigenvalue weighted by molar-refractivity contribution is 0.251. The largest absolute Gasteiger partial charge is 0.369 e. The van der Waals surface area contributed by atoms with Crippen LogP contribution in [0.4, 0.5) is 5.69 Å². The summed E-state index contributed by atoms with van der Waals surface area (Å²) in [5.74, 6) is 0.696. The zero-order valence-corrected chi connectivity index (χ0v) is 19.2. The van der Waals surface area contributed by atoms with Gasteiger partial charge in [-0.3, -0.25) is 23.2 Å². The summed E-state index contributed by atoms with van der Waals surface area (Å²) < 4.78 is 6.41. The first-order valence-corrected chi connectivity index (χ1v) is 10.7. The van der Waals surface area contributed by atoms with E-state index in [9.17, 15) is 9.59 Å². The molecule has 10 heteroatoms. The third-order valence-corrected chi connectivity index (χ3v) is 6.29. The second-order valence-corrected chi connectivity index (χ2v) is 8.17. The lowest BCUT2D eigenvalue weighted by Crippen LogP contribution is -2.46. The van der Waals surface area contributed by atoms with Crippen molar-refractivity contribution in [3.63, 3.8) is 0 Å². The number of benzene rings is 1. The van der Waals surface area contributed by atoms with Crippen molar-refractivity contribution in [3.05, 3.63) is 63.6 Å². The van der Waals surface area contributed by atoms with E-state index in [2.05, 4.69) is 49.7 Å². The number of imidazole rings is 2. The van der Waals surface area contributed by atoms with Crippen molar-refractivity contribution in [2.75, 3.05) is 37.6 Å². The van der Waals surface area contributed by atoms with Gasteiger partial charge in [0.2, 0.25) is 5.78 Å². The summed E-state index contributed by atoms with van der Waals surface area (Å²) in [6.45, 7) is 6.03. The van der Waals surface area contributed by atoms with Crippen molar-refractivity contribution >= 4 is 35.0 Å². The molecule has 9 nitrogen and oxygen atoms in total. The summed E-state index contributed by atoms with van der Waals surface area (Å²) in [7, 11) is 3.15. The monoisotopic (exact) mass is 457 g/mol. The van der Waals surface area contributed by atoms with Gasteiger partial charge in [-0.1, -0.05) is 18.2 Å². The predicted molar refractivity (Wildman–Crippen MR) is 128 cm³/mol. The SMILES string of the molecule is Cl.Cn1c(=O)c2c(nc3n(CCCN4CCN(c5ccccc5)CC4)ccn23)n(C)c1=O. The van der Waals surface area contributed by atoms with Crippen molar-refractivity contribution in [2.24, 2.45) is 14.1 Å². The van der Waals surface area contributed by atoms with Gasteiger partial charge in [-0.05, 0) is 25.1 Å². The van der Waals surface area contributed by atoms with Gasteiger partial charge in [-0.2, -0.15) is 4.98 Å². The molecule has 0 spiro atoms. The molecule has 0 aliphatic carbocycles. The zero-order chi connectivity index (χ0) is 21.5. The molecule has 0 atom stereocenters. The molecule has 0 radical (unpaired) electrons. The standard InChI is InChI=1S/C22H27N7O2.ClH/c1-24-19-18(20(30)25(2)22(24)31)29-16-15-28(21(29)23-19)10-6-9-26-11-13-27(14-12-26)17-7-4-3-5-8-17;/h3-5,7-8,15-16H,6,9-14H2,1-2H3;1H. The molecule has 1 aliphatic heterocycles. The van der Waals surface area contributed by atoms with Crippen molar-refractivity contribution in [2.45, 2.75) is 13.0 Å². The van der Waals surface area contributed by atoms with Crippen LogP contribution in [0.1, 0.15) is 6.42 Å². The van der Waals surface area contributed by atoms with E-state index in [1.54, 1.807) is 11.4 Å².